The first-order valence-electron chi connectivity index (χ1n) is 7.13. The summed E-state index contributed by atoms with van der Waals surface area (Å²) in [5.41, 5.74) is 0. The maximum atomic E-state index is 4.60. The van der Waals surface area contributed by atoms with Crippen LogP contribution in [-0.2, 0) is 13.6 Å². The molecule has 20 heavy (non-hydrogen) atoms. The zero-order valence-corrected chi connectivity index (χ0v) is 13.3. The Labute approximate surface area is 124 Å². The van der Waals surface area contributed by atoms with Gasteiger partial charge in [-0.25, -0.2) is 9.98 Å². The highest BCUT2D eigenvalue weighted by molar-refractivity contribution is 7.99. The van der Waals surface area contributed by atoms with Crippen molar-refractivity contribution in [2.24, 2.45) is 12.0 Å². The molecule has 2 unspecified atom stereocenters. The van der Waals surface area contributed by atoms with Crippen LogP contribution in [0.25, 0.3) is 0 Å². The van der Waals surface area contributed by atoms with Gasteiger partial charge >= 0.3 is 0 Å². The van der Waals surface area contributed by atoms with Crippen LogP contribution in [0.1, 0.15) is 32.0 Å². The second kappa shape index (κ2) is 7.52. The van der Waals surface area contributed by atoms with Crippen LogP contribution in [0.5, 0.6) is 0 Å². The first-order valence-corrected chi connectivity index (χ1v) is 8.42. The smallest absolute Gasteiger partial charge is 0.191 e. The van der Waals surface area contributed by atoms with Gasteiger partial charge in [0.05, 0.1) is 0 Å². The lowest BCUT2D eigenvalue weighted by molar-refractivity contribution is 0.612. The molecule has 0 spiro atoms. The average Bonchev–Trinajstić information content (AvgIpc) is 3.05. The van der Waals surface area contributed by atoms with Gasteiger partial charge in [-0.05, 0) is 32.4 Å². The number of nitrogens with zero attached hydrogens (tertiary/aromatic N) is 4. The average molecular weight is 296 g/mol. The van der Waals surface area contributed by atoms with Crippen molar-refractivity contribution in [3.63, 3.8) is 0 Å². The topological polar surface area (TPSA) is 67.1 Å². The highest BCUT2D eigenvalue weighted by Crippen LogP contribution is 2.27. The van der Waals surface area contributed by atoms with E-state index in [2.05, 4.69) is 38.9 Å². The second-order valence-corrected chi connectivity index (χ2v) is 6.15. The van der Waals surface area contributed by atoms with Crippen molar-refractivity contribution < 1.29 is 0 Å². The fourth-order valence-corrected chi connectivity index (χ4v) is 3.21. The van der Waals surface area contributed by atoms with E-state index in [0.717, 1.165) is 23.6 Å². The summed E-state index contributed by atoms with van der Waals surface area (Å²) in [7, 11) is 1.89. The highest BCUT2D eigenvalue weighted by Gasteiger charge is 2.24. The molecule has 0 bridgehead atoms. The van der Waals surface area contributed by atoms with Crippen molar-refractivity contribution in [2.75, 3.05) is 12.8 Å². The van der Waals surface area contributed by atoms with Gasteiger partial charge in [0.1, 0.15) is 18.7 Å². The summed E-state index contributed by atoms with van der Waals surface area (Å²) in [6.07, 6.45) is 7.49. The van der Waals surface area contributed by atoms with Gasteiger partial charge in [0.25, 0.3) is 0 Å². The molecule has 1 heterocycles. The van der Waals surface area contributed by atoms with Gasteiger partial charge in [-0.15, -0.1) is 0 Å². The van der Waals surface area contributed by atoms with Crippen LogP contribution in [0.4, 0.5) is 0 Å². The molecule has 2 N–H and O–H groups in total. The molecule has 0 saturated heterocycles. The maximum absolute atomic E-state index is 4.60. The van der Waals surface area contributed by atoms with E-state index in [1.165, 1.54) is 19.3 Å². The van der Waals surface area contributed by atoms with E-state index >= 15 is 0 Å². The lowest BCUT2D eigenvalue weighted by Crippen LogP contribution is -2.42. The molecule has 1 aliphatic carbocycles. The molecule has 7 heteroatoms. The van der Waals surface area contributed by atoms with Gasteiger partial charge in [-0.2, -0.15) is 16.9 Å². The Hall–Kier alpha value is -1.24. The third-order valence-corrected chi connectivity index (χ3v) is 4.68. The number of nitrogens with one attached hydrogen (secondary N) is 2. The molecule has 2 atom stereocenters. The molecular formula is C13H24N6S. The Kier molecular flexibility index (Phi) is 5.70. The molecule has 1 aromatic rings. The van der Waals surface area contributed by atoms with Gasteiger partial charge in [0.2, 0.25) is 0 Å². The van der Waals surface area contributed by atoms with E-state index in [0.29, 0.717) is 12.6 Å². The Morgan fingerprint density at radius 1 is 1.55 bits per heavy atom. The van der Waals surface area contributed by atoms with Crippen LogP contribution in [0.3, 0.4) is 0 Å². The van der Waals surface area contributed by atoms with Crippen molar-refractivity contribution in [1.29, 1.82) is 0 Å². The Balaban J connectivity index is 1.91. The number of aryl methyl sites for hydroxylation is 1. The van der Waals surface area contributed by atoms with Crippen molar-refractivity contribution in [3.05, 3.63) is 12.2 Å². The van der Waals surface area contributed by atoms with Gasteiger partial charge in [-0.1, -0.05) is 0 Å². The summed E-state index contributed by atoms with van der Waals surface area (Å²) < 4.78 is 1.76. The predicted molar refractivity (Wildman–Crippen MR) is 83.9 cm³/mol. The van der Waals surface area contributed by atoms with Gasteiger partial charge in [0.15, 0.2) is 5.96 Å². The normalized spacial score (nSPS) is 23.1. The molecule has 1 aromatic heterocycles. The summed E-state index contributed by atoms with van der Waals surface area (Å²) in [6, 6.07) is 0.532. The fourth-order valence-electron chi connectivity index (χ4n) is 2.41. The largest absolute Gasteiger partial charge is 0.357 e. The highest BCUT2D eigenvalue weighted by atomic mass is 32.2. The Morgan fingerprint density at radius 2 is 2.40 bits per heavy atom. The molecule has 0 aliphatic heterocycles. The molecular weight excluding hydrogens is 272 g/mol. The summed E-state index contributed by atoms with van der Waals surface area (Å²) in [5.74, 6) is 1.75. The van der Waals surface area contributed by atoms with E-state index in [1.54, 1.807) is 11.0 Å². The third-order valence-electron chi connectivity index (χ3n) is 3.59. The summed E-state index contributed by atoms with van der Waals surface area (Å²) in [6.45, 7) is 3.49. The van der Waals surface area contributed by atoms with Crippen LogP contribution in [0.15, 0.2) is 11.3 Å². The van der Waals surface area contributed by atoms with Crippen LogP contribution in [-0.4, -0.2) is 44.8 Å². The van der Waals surface area contributed by atoms with E-state index in [9.17, 15) is 0 Å². The molecule has 0 amide bonds. The maximum Gasteiger partial charge on any atom is 0.191 e. The first kappa shape index (κ1) is 15.2. The van der Waals surface area contributed by atoms with Crippen molar-refractivity contribution in [3.8, 4) is 0 Å². The van der Waals surface area contributed by atoms with E-state index in [-0.39, 0.29) is 0 Å². The summed E-state index contributed by atoms with van der Waals surface area (Å²) in [4.78, 5) is 8.79. The SMILES string of the molecule is CCNC(=NCc1ncnn1C)NC1CCC(SC)C1. The number of aliphatic imine (C=N–C) groups is 1. The minimum Gasteiger partial charge on any atom is -0.357 e. The van der Waals surface area contributed by atoms with Crippen molar-refractivity contribution >= 4 is 17.7 Å². The quantitative estimate of drug-likeness (QED) is 0.630. The second-order valence-electron chi connectivity index (χ2n) is 5.01. The molecule has 2 rings (SSSR count). The molecule has 1 aliphatic rings. The monoisotopic (exact) mass is 296 g/mol. The van der Waals surface area contributed by atoms with E-state index in [4.69, 9.17) is 0 Å². The number of guanidine groups is 1. The third kappa shape index (κ3) is 4.13. The van der Waals surface area contributed by atoms with E-state index in [1.807, 2.05) is 18.8 Å². The first-order chi connectivity index (χ1) is 9.72. The molecule has 0 radical (unpaired) electrons. The van der Waals surface area contributed by atoms with Crippen LogP contribution < -0.4 is 10.6 Å². The number of hydrogen-bond acceptors (Lipinski definition) is 4. The number of rotatable bonds is 5. The standard InChI is InChI=1S/C13H24N6S/c1-4-14-13(15-8-12-16-9-17-19(12)2)18-10-5-6-11(7-10)20-3/h9-11H,4-8H2,1-3H3,(H2,14,15,18). The number of hydrogen-bond donors (Lipinski definition) is 2. The summed E-state index contributed by atoms with van der Waals surface area (Å²) >= 11 is 1.97. The lowest BCUT2D eigenvalue weighted by atomic mass is 10.2. The van der Waals surface area contributed by atoms with Crippen LogP contribution in [0.2, 0.25) is 0 Å². The lowest BCUT2D eigenvalue weighted by Gasteiger charge is -2.17. The van der Waals surface area contributed by atoms with Crippen LogP contribution >= 0.6 is 11.8 Å². The molecule has 0 aromatic carbocycles. The molecule has 1 fully saturated rings. The Morgan fingerprint density at radius 3 is 3.00 bits per heavy atom. The zero-order valence-electron chi connectivity index (χ0n) is 12.5. The number of aromatic nitrogens is 3. The summed E-state index contributed by atoms with van der Waals surface area (Å²) in [5, 5.41) is 11.7. The van der Waals surface area contributed by atoms with Gasteiger partial charge < -0.3 is 10.6 Å². The van der Waals surface area contributed by atoms with Crippen LogP contribution in [0, 0.1) is 0 Å². The Bertz CT molecular complexity index is 444. The number of thioether (sulfide) groups is 1. The van der Waals surface area contributed by atoms with Gasteiger partial charge in [-0.3, -0.25) is 4.68 Å². The molecule has 6 nitrogen and oxygen atoms in total. The van der Waals surface area contributed by atoms with E-state index < -0.39 is 0 Å². The van der Waals surface area contributed by atoms with Crippen molar-refractivity contribution in [1.82, 2.24) is 25.4 Å². The van der Waals surface area contributed by atoms with Crippen molar-refractivity contribution in [2.45, 2.75) is 44.0 Å². The zero-order chi connectivity index (χ0) is 14.4. The predicted octanol–water partition coefficient (Wildman–Crippen LogP) is 1.15. The molecule has 112 valence electrons. The molecule has 1 saturated carbocycles. The van der Waals surface area contributed by atoms with Gasteiger partial charge in [0, 0.05) is 24.9 Å². The fraction of sp³-hybridized carbons (Fsp3) is 0.769. The minimum absolute atomic E-state index is 0.532. The minimum atomic E-state index is 0.532.